The quantitative estimate of drug-likeness (QED) is 0.409. The second-order valence-electron chi connectivity index (χ2n) is 7.73. The van der Waals surface area contributed by atoms with Gasteiger partial charge in [0.05, 0.1) is 34.5 Å². The molecule has 0 aliphatic heterocycles. The second kappa shape index (κ2) is 12.9. The molecule has 0 bridgehead atoms. The van der Waals surface area contributed by atoms with Crippen LogP contribution in [0, 0.1) is 6.92 Å². The van der Waals surface area contributed by atoms with Crippen molar-refractivity contribution in [1.82, 2.24) is 0 Å². The number of methoxy groups -OCH3 is 2. The van der Waals surface area contributed by atoms with Gasteiger partial charge in [-0.15, -0.1) is 0 Å². The number of aryl methyl sites for hydroxylation is 3. The molecule has 3 rings (SSSR count). The highest BCUT2D eigenvalue weighted by atomic mass is 32.2. The van der Waals surface area contributed by atoms with Crippen molar-refractivity contribution in [2.24, 2.45) is 5.73 Å². The number of hydrogen-bond donors (Lipinski definition) is 1. The first-order valence-corrected chi connectivity index (χ1v) is 13.2. The lowest BCUT2D eigenvalue weighted by atomic mass is 10.0. The molecule has 35 heavy (non-hydrogen) atoms. The molecule has 0 radical (unpaired) electrons. The van der Waals surface area contributed by atoms with Crippen LogP contribution in [0.15, 0.2) is 71.6 Å². The fourth-order valence-corrected chi connectivity index (χ4v) is 5.52. The third-order valence-corrected chi connectivity index (χ3v) is 7.48. The summed E-state index contributed by atoms with van der Waals surface area (Å²) < 4.78 is 26.6. The van der Waals surface area contributed by atoms with E-state index in [1.807, 2.05) is 51.1 Å². The highest BCUT2D eigenvalue weighted by molar-refractivity contribution is 8.01. The van der Waals surface area contributed by atoms with Gasteiger partial charge in [-0.05, 0) is 66.6 Å². The van der Waals surface area contributed by atoms with E-state index < -0.39 is 15.6 Å². The molecule has 3 aromatic rings. The van der Waals surface area contributed by atoms with Crippen LogP contribution in [-0.2, 0) is 27.3 Å². The molecule has 0 heterocycles. The Bertz CT molecular complexity index is 1220. The number of amides is 1. The summed E-state index contributed by atoms with van der Waals surface area (Å²) in [5.74, 6) is 4.62. The van der Waals surface area contributed by atoms with Gasteiger partial charge in [-0.2, -0.15) is 0 Å². The number of carbonyl (C=O) groups excluding carboxylic acids is 1. The van der Waals surface area contributed by atoms with E-state index in [0.29, 0.717) is 28.5 Å². The maximum atomic E-state index is 14.2. The van der Waals surface area contributed by atoms with Crippen molar-refractivity contribution >= 4 is 27.2 Å². The number of primary amides is 1. The van der Waals surface area contributed by atoms with Crippen molar-refractivity contribution in [2.45, 2.75) is 38.5 Å². The van der Waals surface area contributed by atoms with Gasteiger partial charge in [-0.3, -0.25) is 9.10 Å². The molecule has 2 N–H and O–H groups in total. The Hall–Kier alpha value is -3.45. The van der Waals surface area contributed by atoms with Gasteiger partial charge >= 0.3 is 0 Å². The van der Waals surface area contributed by atoms with Crippen molar-refractivity contribution in [3.63, 3.8) is 0 Å². The van der Waals surface area contributed by atoms with Gasteiger partial charge in [0.2, 0.25) is 5.91 Å². The standard InChI is InChI=1S/C26H30N2O4S.C2H6/c1-19-17-22(15-16-23(19)31-2)33(4,30)28(18-25(27)29)26-21(11-8-12-24(26)32-3)14-13-20-9-6-5-7-10-20;1-2/h5-12,15-17H,4,13-14,18H2,1-3H3,(H2,27,29);1-2H3. The largest absolute Gasteiger partial charge is 0.496 e. The topological polar surface area (TPSA) is 81.9 Å². The molecule has 6 nitrogen and oxygen atoms in total. The van der Waals surface area contributed by atoms with Crippen molar-refractivity contribution in [1.29, 1.82) is 0 Å². The minimum atomic E-state index is -3.14. The lowest BCUT2D eigenvalue weighted by molar-refractivity contribution is -0.116. The van der Waals surface area contributed by atoms with Gasteiger partial charge in [0, 0.05) is 0 Å². The molecule has 0 spiro atoms. The Balaban J connectivity index is 0.00000210. The predicted molar refractivity (Wildman–Crippen MR) is 146 cm³/mol. The maximum absolute atomic E-state index is 14.2. The Morgan fingerprint density at radius 2 is 1.60 bits per heavy atom. The van der Waals surface area contributed by atoms with E-state index in [4.69, 9.17) is 15.2 Å². The molecule has 0 aliphatic rings. The zero-order valence-corrected chi connectivity index (χ0v) is 22.1. The zero-order chi connectivity index (χ0) is 26.0. The molecule has 0 fully saturated rings. The molecule has 0 saturated carbocycles. The molecule has 1 unspecified atom stereocenters. The van der Waals surface area contributed by atoms with Crippen LogP contribution in [0.4, 0.5) is 5.69 Å². The van der Waals surface area contributed by atoms with Crippen molar-refractivity contribution in [2.75, 3.05) is 25.1 Å². The fourth-order valence-electron chi connectivity index (χ4n) is 3.79. The molecule has 0 aromatic heterocycles. The number of benzene rings is 3. The maximum Gasteiger partial charge on any atom is 0.238 e. The molecule has 7 heteroatoms. The van der Waals surface area contributed by atoms with Gasteiger partial charge in [-0.1, -0.05) is 56.3 Å². The molecule has 0 aliphatic carbocycles. The third-order valence-electron chi connectivity index (χ3n) is 5.47. The smallest absolute Gasteiger partial charge is 0.238 e. The Kier molecular flexibility index (Phi) is 10.2. The van der Waals surface area contributed by atoms with Crippen LogP contribution >= 0.6 is 0 Å². The molecule has 0 saturated heterocycles. The summed E-state index contributed by atoms with van der Waals surface area (Å²) in [4.78, 5) is 12.6. The van der Waals surface area contributed by atoms with E-state index in [0.717, 1.165) is 17.5 Å². The lowest BCUT2D eigenvalue weighted by Crippen LogP contribution is -2.39. The monoisotopic (exact) mass is 496 g/mol. The highest BCUT2D eigenvalue weighted by Crippen LogP contribution is 2.37. The van der Waals surface area contributed by atoms with Gasteiger partial charge in [-0.25, -0.2) is 4.21 Å². The predicted octanol–water partition coefficient (Wildman–Crippen LogP) is 4.81. The molecule has 1 amide bonds. The van der Waals surface area contributed by atoms with E-state index in [2.05, 4.69) is 18.0 Å². The van der Waals surface area contributed by atoms with E-state index >= 15 is 0 Å². The minimum Gasteiger partial charge on any atom is -0.496 e. The highest BCUT2D eigenvalue weighted by Gasteiger charge is 2.27. The summed E-state index contributed by atoms with van der Waals surface area (Å²) in [5, 5.41) is 0. The van der Waals surface area contributed by atoms with E-state index in [1.165, 1.54) is 9.87 Å². The number of hydrogen-bond acceptors (Lipinski definition) is 4. The van der Waals surface area contributed by atoms with Crippen molar-refractivity contribution < 1.29 is 18.5 Å². The lowest BCUT2D eigenvalue weighted by Gasteiger charge is -2.31. The van der Waals surface area contributed by atoms with Crippen molar-refractivity contribution in [3.8, 4) is 11.5 Å². The van der Waals surface area contributed by atoms with Crippen LogP contribution in [0.2, 0.25) is 0 Å². The van der Waals surface area contributed by atoms with E-state index in [9.17, 15) is 9.00 Å². The average Bonchev–Trinajstić information content (AvgIpc) is 2.87. The average molecular weight is 497 g/mol. The number of nitrogens with zero attached hydrogens (tertiary/aromatic N) is 1. The number of anilines is 1. The second-order valence-corrected chi connectivity index (χ2v) is 9.92. The summed E-state index contributed by atoms with van der Waals surface area (Å²) in [5.41, 5.74) is 9.03. The van der Waals surface area contributed by atoms with Gasteiger partial charge in [0.1, 0.15) is 18.0 Å². The molecule has 3 aromatic carbocycles. The Labute approximate surface area is 209 Å². The molecule has 188 valence electrons. The number of rotatable bonds is 10. The number of para-hydroxylation sites is 1. The van der Waals surface area contributed by atoms with E-state index in [-0.39, 0.29) is 6.54 Å². The first-order chi connectivity index (χ1) is 16.8. The summed E-state index contributed by atoms with van der Waals surface area (Å²) in [6.45, 7) is 5.59. The third kappa shape index (κ3) is 6.79. The number of carbonyl (C=O) groups is 1. The number of nitrogens with two attached hydrogens (primary N) is 1. The first-order valence-electron chi connectivity index (χ1n) is 11.6. The summed E-state index contributed by atoms with van der Waals surface area (Å²) >= 11 is 0. The zero-order valence-electron chi connectivity index (χ0n) is 21.2. The summed E-state index contributed by atoms with van der Waals surface area (Å²) in [6, 6.07) is 20.9. The minimum absolute atomic E-state index is 0.272. The van der Waals surface area contributed by atoms with Crippen LogP contribution in [0.5, 0.6) is 11.5 Å². The van der Waals surface area contributed by atoms with E-state index in [1.54, 1.807) is 38.5 Å². The molecular formula is C28H36N2O4S. The molecular weight excluding hydrogens is 460 g/mol. The van der Waals surface area contributed by atoms with Crippen LogP contribution in [0.3, 0.4) is 0 Å². The molecule has 1 atom stereocenters. The van der Waals surface area contributed by atoms with Crippen LogP contribution in [0.1, 0.15) is 30.5 Å². The van der Waals surface area contributed by atoms with Gasteiger partial charge in [0.25, 0.3) is 0 Å². The van der Waals surface area contributed by atoms with Crippen LogP contribution in [0.25, 0.3) is 0 Å². The first kappa shape index (κ1) is 27.8. The van der Waals surface area contributed by atoms with Gasteiger partial charge < -0.3 is 15.2 Å². The Morgan fingerprint density at radius 3 is 2.17 bits per heavy atom. The fraction of sp³-hybridized carbons (Fsp3) is 0.286. The Morgan fingerprint density at radius 1 is 0.943 bits per heavy atom. The van der Waals surface area contributed by atoms with Crippen LogP contribution < -0.4 is 19.5 Å². The normalized spacial score (nSPS) is 12.0. The summed E-state index contributed by atoms with van der Waals surface area (Å²) in [6.07, 6.45) is 1.42. The SMILES string of the molecule is C=S(=O)(c1ccc(OC)c(C)c1)N(CC(N)=O)c1c(CCc2ccccc2)cccc1OC.CC. The van der Waals surface area contributed by atoms with Gasteiger partial charge in [0.15, 0.2) is 0 Å². The number of ether oxygens (including phenoxy) is 2. The van der Waals surface area contributed by atoms with Crippen molar-refractivity contribution in [3.05, 3.63) is 83.4 Å². The summed E-state index contributed by atoms with van der Waals surface area (Å²) in [7, 11) is -0.0113. The van der Waals surface area contributed by atoms with Crippen LogP contribution in [-0.4, -0.2) is 36.8 Å².